The third kappa shape index (κ3) is 24.5. The summed E-state index contributed by atoms with van der Waals surface area (Å²) in [6.45, 7) is 4.17. The highest BCUT2D eigenvalue weighted by Crippen LogP contribution is 2.43. The normalized spacial score (nSPS) is 22.5. The number of ether oxygens (including phenoxy) is 2. The molecule has 0 saturated heterocycles. The fourth-order valence-corrected chi connectivity index (χ4v) is 6.97. The molecule has 0 heterocycles. The quantitative estimate of drug-likeness (QED) is 0.0199. The van der Waals surface area contributed by atoms with Crippen LogP contribution in [0.3, 0.4) is 0 Å². The summed E-state index contributed by atoms with van der Waals surface area (Å²) in [6.07, 6.45) is 17.2. The number of carbonyl (C=O) groups excluding carboxylic acids is 2. The van der Waals surface area contributed by atoms with Crippen molar-refractivity contribution in [3.8, 4) is 0 Å². The van der Waals surface area contributed by atoms with E-state index in [0.717, 1.165) is 44.4 Å². The smallest absolute Gasteiger partial charge is 0.462 e. The van der Waals surface area contributed by atoms with E-state index in [0.29, 0.717) is 19.3 Å². The van der Waals surface area contributed by atoms with Gasteiger partial charge >= 0.3 is 19.8 Å². The zero-order valence-corrected chi connectivity index (χ0v) is 33.4. The molecule has 13 nitrogen and oxygen atoms in total. The molecular formula is C39H71O13P. The molecule has 0 aromatic carbocycles. The second kappa shape index (κ2) is 29.6. The number of phosphoric ester groups is 1. The summed E-state index contributed by atoms with van der Waals surface area (Å²) in [5, 5.41) is 49.6. The van der Waals surface area contributed by atoms with Crippen LogP contribution in [0.2, 0.25) is 0 Å². The number of carbonyl (C=O) groups is 2. The Balaban J connectivity index is 2.61. The van der Waals surface area contributed by atoms with Crippen LogP contribution in [-0.4, -0.2) is 99.3 Å². The Labute approximate surface area is 317 Å². The fourth-order valence-electron chi connectivity index (χ4n) is 6.18. The first-order chi connectivity index (χ1) is 25.3. The summed E-state index contributed by atoms with van der Waals surface area (Å²) >= 11 is 0. The number of aliphatic hydroxyl groups is 5. The van der Waals surface area contributed by atoms with Crippen LogP contribution >= 0.6 is 7.82 Å². The van der Waals surface area contributed by atoms with E-state index < -0.39 is 76.7 Å². The van der Waals surface area contributed by atoms with Crippen molar-refractivity contribution in [3.05, 3.63) is 24.3 Å². The summed E-state index contributed by atoms with van der Waals surface area (Å²) in [5.74, 6) is -1.11. The number of hydrogen-bond acceptors (Lipinski definition) is 12. The molecule has 6 N–H and O–H groups in total. The highest BCUT2D eigenvalue weighted by Gasteiger charge is 2.39. The maximum Gasteiger partial charge on any atom is 0.472 e. The molecule has 2 unspecified atom stereocenters. The molecule has 14 heteroatoms. The van der Waals surface area contributed by atoms with Crippen molar-refractivity contribution < 1.29 is 63.1 Å². The Kier molecular flexibility index (Phi) is 27.6. The van der Waals surface area contributed by atoms with Crippen molar-refractivity contribution in [3.63, 3.8) is 0 Å². The minimum Gasteiger partial charge on any atom is -0.462 e. The number of esters is 2. The molecule has 0 aromatic heterocycles. The van der Waals surface area contributed by atoms with Crippen molar-refractivity contribution in [2.75, 3.05) is 26.4 Å². The molecule has 1 aliphatic carbocycles. The molecule has 0 radical (unpaired) electrons. The predicted octanol–water partition coefficient (Wildman–Crippen LogP) is 6.07. The van der Waals surface area contributed by atoms with Crippen LogP contribution in [0.25, 0.3) is 0 Å². The van der Waals surface area contributed by atoms with Gasteiger partial charge < -0.3 is 39.9 Å². The third-order valence-electron chi connectivity index (χ3n) is 9.75. The molecular weight excluding hydrogens is 707 g/mol. The Morgan fingerprint density at radius 3 is 2.13 bits per heavy atom. The molecule has 1 saturated carbocycles. The minimum absolute atomic E-state index is 0.176. The topological polar surface area (TPSA) is 210 Å². The lowest BCUT2D eigenvalue weighted by atomic mass is 9.89. The van der Waals surface area contributed by atoms with Gasteiger partial charge in [0.05, 0.1) is 44.6 Å². The second-order valence-corrected chi connectivity index (χ2v) is 16.0. The van der Waals surface area contributed by atoms with Crippen LogP contribution in [0.1, 0.15) is 136 Å². The Morgan fingerprint density at radius 2 is 1.47 bits per heavy atom. The molecule has 1 aliphatic rings. The van der Waals surface area contributed by atoms with E-state index >= 15 is 0 Å². The van der Waals surface area contributed by atoms with Crippen molar-refractivity contribution >= 4 is 19.8 Å². The standard InChI is InChI=1S/C39H71O13P/c1-4-6-13-19-31(41)23-24-35-34(36(43)25-37(35)44)20-16-17-22-39(46)52-33(29-51-53(47,48)50-27-32(42)26-40)28-49-38(45)21-15-12-10-8-7-9-11-14-18-30(3)5-2/h16-17,23-24,30-37,40-44H,4-15,18-22,25-29H2,1-3H3,(H,47,48)/b17-16-,24-23+/t30?,31-,32+,33-,34+,35-,36+,37-/m1/s1. The molecule has 0 spiro atoms. The molecule has 9 atom stereocenters. The number of phosphoric acid groups is 1. The van der Waals surface area contributed by atoms with Gasteiger partial charge in [0.25, 0.3) is 0 Å². The van der Waals surface area contributed by atoms with E-state index in [1.165, 1.54) is 38.5 Å². The number of unbranched alkanes of at least 4 members (excludes halogenated alkanes) is 9. The maximum absolute atomic E-state index is 12.7. The first kappa shape index (κ1) is 49.3. The van der Waals surface area contributed by atoms with Crippen molar-refractivity contribution in [1.82, 2.24) is 0 Å². The van der Waals surface area contributed by atoms with E-state index in [2.05, 4.69) is 25.3 Å². The number of allylic oxidation sites excluding steroid dienone is 1. The maximum atomic E-state index is 12.7. The lowest BCUT2D eigenvalue weighted by molar-refractivity contribution is -0.160. The zero-order chi connectivity index (χ0) is 39.5. The highest BCUT2D eigenvalue weighted by atomic mass is 31.2. The summed E-state index contributed by atoms with van der Waals surface area (Å²) in [4.78, 5) is 35.1. The highest BCUT2D eigenvalue weighted by molar-refractivity contribution is 7.47. The molecule has 0 bridgehead atoms. The van der Waals surface area contributed by atoms with Crippen LogP contribution in [0.4, 0.5) is 0 Å². The van der Waals surface area contributed by atoms with Crippen LogP contribution in [-0.2, 0) is 32.7 Å². The Bertz CT molecular complexity index is 1070. The molecule has 0 aromatic rings. The van der Waals surface area contributed by atoms with Gasteiger partial charge in [-0.2, -0.15) is 0 Å². The SMILES string of the molecule is CCCCC[C@@H](O)/C=C/[C@@H]1[C@H](C/C=C\CC(=O)O[C@H](COC(=O)CCCCCCCCCCC(C)CC)COP(=O)(O)OC[C@@H](O)CO)[C@@H](O)C[C@H]1O. The van der Waals surface area contributed by atoms with Gasteiger partial charge in [0.1, 0.15) is 12.7 Å². The third-order valence-corrected chi connectivity index (χ3v) is 10.7. The fraction of sp³-hybridized carbons (Fsp3) is 0.846. The van der Waals surface area contributed by atoms with Crippen LogP contribution in [0.5, 0.6) is 0 Å². The lowest BCUT2D eigenvalue weighted by Gasteiger charge is -2.20. The van der Waals surface area contributed by atoms with Gasteiger partial charge in [-0.1, -0.05) is 122 Å². The number of aliphatic hydroxyl groups excluding tert-OH is 5. The van der Waals surface area contributed by atoms with Crippen molar-refractivity contribution in [1.29, 1.82) is 0 Å². The minimum atomic E-state index is -4.71. The van der Waals surface area contributed by atoms with E-state index in [4.69, 9.17) is 19.1 Å². The van der Waals surface area contributed by atoms with E-state index in [1.807, 2.05) is 0 Å². The summed E-state index contributed by atoms with van der Waals surface area (Å²) in [6, 6.07) is 0. The van der Waals surface area contributed by atoms with E-state index in [-0.39, 0.29) is 31.1 Å². The van der Waals surface area contributed by atoms with Gasteiger partial charge in [0.15, 0.2) is 6.10 Å². The average molecular weight is 779 g/mol. The molecule has 1 fully saturated rings. The van der Waals surface area contributed by atoms with Crippen LogP contribution in [0, 0.1) is 17.8 Å². The lowest BCUT2D eigenvalue weighted by Crippen LogP contribution is -2.29. The number of hydrogen-bond donors (Lipinski definition) is 6. The van der Waals surface area contributed by atoms with Gasteiger partial charge in [-0.25, -0.2) is 4.57 Å². The average Bonchev–Trinajstić information content (AvgIpc) is 3.40. The molecule has 53 heavy (non-hydrogen) atoms. The first-order valence-corrected chi connectivity index (χ1v) is 21.4. The molecule has 1 rings (SSSR count). The van der Waals surface area contributed by atoms with Gasteiger partial charge in [0, 0.05) is 18.8 Å². The van der Waals surface area contributed by atoms with Crippen LogP contribution in [0.15, 0.2) is 24.3 Å². The number of rotatable bonds is 32. The molecule has 310 valence electrons. The van der Waals surface area contributed by atoms with Crippen LogP contribution < -0.4 is 0 Å². The first-order valence-electron chi connectivity index (χ1n) is 19.9. The van der Waals surface area contributed by atoms with Gasteiger partial charge in [-0.3, -0.25) is 18.6 Å². The monoisotopic (exact) mass is 778 g/mol. The largest absolute Gasteiger partial charge is 0.472 e. The summed E-state index contributed by atoms with van der Waals surface area (Å²) in [5.41, 5.74) is 0. The Hall–Kier alpha value is -1.67. The van der Waals surface area contributed by atoms with Gasteiger partial charge in [0.2, 0.25) is 0 Å². The van der Waals surface area contributed by atoms with E-state index in [9.17, 15) is 39.5 Å². The molecule has 0 aliphatic heterocycles. The summed E-state index contributed by atoms with van der Waals surface area (Å²) in [7, 11) is -4.71. The van der Waals surface area contributed by atoms with Crippen molar-refractivity contribution in [2.24, 2.45) is 17.8 Å². The van der Waals surface area contributed by atoms with Crippen molar-refractivity contribution in [2.45, 2.75) is 167 Å². The summed E-state index contributed by atoms with van der Waals surface area (Å²) < 4.78 is 32.5. The zero-order valence-electron chi connectivity index (χ0n) is 32.5. The molecule has 0 amide bonds. The predicted molar refractivity (Wildman–Crippen MR) is 203 cm³/mol. The van der Waals surface area contributed by atoms with E-state index in [1.54, 1.807) is 24.3 Å². The van der Waals surface area contributed by atoms with Gasteiger partial charge in [-0.15, -0.1) is 0 Å². The van der Waals surface area contributed by atoms with Gasteiger partial charge in [-0.05, 0) is 31.1 Å². The Morgan fingerprint density at radius 1 is 0.830 bits per heavy atom. The second-order valence-electron chi connectivity index (χ2n) is 14.5.